The van der Waals surface area contributed by atoms with Gasteiger partial charge in [0.1, 0.15) is 0 Å². The maximum Gasteiger partial charge on any atom is 1.00 e. The summed E-state index contributed by atoms with van der Waals surface area (Å²) in [5.74, 6) is -3.77. The molecule has 0 aliphatic carbocycles. The summed E-state index contributed by atoms with van der Waals surface area (Å²) in [5.41, 5.74) is 0.400. The van der Waals surface area contributed by atoms with Gasteiger partial charge >= 0.3 is 47.5 Å². The average molecular weight is 552 g/mol. The monoisotopic (exact) mass is 550 g/mol. The number of aromatic nitrogens is 2. The first kappa shape index (κ1) is 34.0. The molecule has 0 saturated carbocycles. The van der Waals surface area contributed by atoms with Gasteiger partial charge in [-0.25, -0.2) is 0 Å². The third-order valence-corrected chi connectivity index (χ3v) is 4.40. The maximum atomic E-state index is 11.8. The van der Waals surface area contributed by atoms with Gasteiger partial charge in [0.15, 0.2) is 5.92 Å². The molecule has 2 aromatic rings. The minimum atomic E-state index is -1.30. The van der Waals surface area contributed by atoms with Crippen LogP contribution in [0.1, 0.15) is 31.2 Å². The number of nitrogens with zero attached hydrogens (tertiary/aromatic N) is 2. The normalized spacial score (nSPS) is 9.55. The minimum absolute atomic E-state index is 0. The van der Waals surface area contributed by atoms with E-state index in [-0.39, 0.29) is 70.4 Å². The van der Waals surface area contributed by atoms with E-state index >= 15 is 0 Å². The molecule has 0 atom stereocenters. The number of aliphatic carboxylic acids is 1. The molecule has 0 amide bonds. The van der Waals surface area contributed by atoms with Gasteiger partial charge in [0.05, 0.1) is 51.1 Å². The quantitative estimate of drug-likeness (QED) is 0.307. The molecule has 2 N–H and O–H groups in total. The Bertz CT molecular complexity index is 932. The number of pyridine rings is 2. The Morgan fingerprint density at radius 3 is 1.76 bits per heavy atom. The van der Waals surface area contributed by atoms with Gasteiger partial charge in [-0.1, -0.05) is 46.4 Å². The Balaban J connectivity index is 0. The van der Waals surface area contributed by atoms with Crippen molar-refractivity contribution in [2.75, 3.05) is 13.2 Å². The molecule has 0 spiro atoms. The minimum Gasteiger partial charge on any atom is -0.870 e. The van der Waals surface area contributed by atoms with Crippen LogP contribution in [0.15, 0.2) is 24.5 Å². The smallest absolute Gasteiger partial charge is 0.870 e. The summed E-state index contributed by atoms with van der Waals surface area (Å²) in [6.45, 7) is 3.55. The van der Waals surface area contributed by atoms with Gasteiger partial charge in [0, 0.05) is 12.4 Å². The van der Waals surface area contributed by atoms with Crippen molar-refractivity contribution in [3.8, 4) is 0 Å². The molecule has 14 heteroatoms. The number of esters is 2. The van der Waals surface area contributed by atoms with E-state index in [1.165, 1.54) is 24.5 Å². The standard InChI is InChI=1S/C12H13Cl2NO4.C7H5Cl2NO2.Na.H2O/c1-3-18-11(16)9(12(17)19-4-2)10-8(14)5-7(13)6-15-10;8-4-1-5(9)6(10-3-4)2-7(11)12;;/h5-6,9H,3-4H2,1-2H3;1,3H,2H2,(H,11,12);;1H2/q;;+1;/p-1. The van der Waals surface area contributed by atoms with E-state index in [9.17, 15) is 14.4 Å². The molecule has 176 valence electrons. The number of carboxylic acid groups (broad SMARTS) is 1. The van der Waals surface area contributed by atoms with Gasteiger partial charge in [0.25, 0.3) is 0 Å². The van der Waals surface area contributed by atoms with E-state index in [1.807, 2.05) is 0 Å². The largest absolute Gasteiger partial charge is 1.00 e. The third-order valence-electron chi connectivity index (χ3n) is 3.36. The number of hydrogen-bond donors (Lipinski definition) is 1. The fourth-order valence-corrected chi connectivity index (χ4v) is 3.06. The van der Waals surface area contributed by atoms with Gasteiger partial charge in [-0.15, -0.1) is 0 Å². The number of halogens is 4. The van der Waals surface area contributed by atoms with Crippen LogP contribution in [0.3, 0.4) is 0 Å². The van der Waals surface area contributed by atoms with Crippen LogP contribution in [0, 0.1) is 0 Å². The van der Waals surface area contributed by atoms with Crippen molar-refractivity contribution in [2.24, 2.45) is 0 Å². The summed E-state index contributed by atoms with van der Waals surface area (Å²) in [5, 5.41) is 9.52. The van der Waals surface area contributed by atoms with E-state index < -0.39 is 23.8 Å². The SMILES string of the molecule is CCOC(=O)C(C(=O)OCC)c1ncc(Cl)cc1Cl.O=C(O)Cc1ncc(Cl)cc1Cl.[Na+].[OH-]. The Kier molecular flexibility index (Phi) is 17.8. The number of carbonyl (C=O) groups is 3. The van der Waals surface area contributed by atoms with Crippen LogP contribution in [-0.4, -0.2) is 51.7 Å². The van der Waals surface area contributed by atoms with E-state index in [0.29, 0.717) is 15.7 Å². The molecule has 0 bridgehead atoms. The van der Waals surface area contributed by atoms with E-state index in [4.69, 9.17) is 61.0 Å². The molecule has 0 aliphatic heterocycles. The van der Waals surface area contributed by atoms with Crippen molar-refractivity contribution < 1.29 is 64.0 Å². The van der Waals surface area contributed by atoms with Gasteiger partial charge < -0.3 is 20.1 Å². The zero-order chi connectivity index (χ0) is 23.6. The average Bonchev–Trinajstić information content (AvgIpc) is 2.67. The molecule has 0 aliphatic rings. The molecular formula is C19H19Cl4N2NaO7. The summed E-state index contributed by atoms with van der Waals surface area (Å²) < 4.78 is 9.68. The van der Waals surface area contributed by atoms with Crippen molar-refractivity contribution >= 4 is 64.3 Å². The fourth-order valence-electron chi connectivity index (χ4n) is 2.12. The zero-order valence-electron chi connectivity index (χ0n) is 17.9. The van der Waals surface area contributed by atoms with Crippen LogP contribution in [0.4, 0.5) is 0 Å². The molecule has 0 fully saturated rings. The predicted octanol–water partition coefficient (Wildman–Crippen LogP) is 1.44. The van der Waals surface area contributed by atoms with Crippen LogP contribution in [-0.2, 0) is 30.3 Å². The van der Waals surface area contributed by atoms with Crippen LogP contribution in [0.25, 0.3) is 0 Å². The summed E-state index contributed by atoms with van der Waals surface area (Å²) >= 11 is 22.9. The topological polar surface area (TPSA) is 146 Å². The van der Waals surface area contributed by atoms with Crippen molar-refractivity contribution in [1.29, 1.82) is 0 Å². The van der Waals surface area contributed by atoms with Gasteiger partial charge in [-0.05, 0) is 26.0 Å². The number of carboxylic acids is 1. The zero-order valence-corrected chi connectivity index (χ0v) is 22.9. The Morgan fingerprint density at radius 1 is 0.909 bits per heavy atom. The molecule has 0 radical (unpaired) electrons. The molecule has 0 saturated heterocycles. The van der Waals surface area contributed by atoms with Crippen molar-refractivity contribution in [3.05, 3.63) is 56.0 Å². The van der Waals surface area contributed by atoms with Gasteiger partial charge in [-0.3, -0.25) is 24.4 Å². The summed E-state index contributed by atoms with van der Waals surface area (Å²) in [6, 6.07) is 2.87. The van der Waals surface area contributed by atoms with Crippen molar-refractivity contribution in [2.45, 2.75) is 26.2 Å². The molecule has 9 nitrogen and oxygen atoms in total. The molecule has 2 aromatic heterocycles. The summed E-state index contributed by atoms with van der Waals surface area (Å²) in [6.07, 6.45) is 2.48. The second-order valence-corrected chi connectivity index (χ2v) is 7.30. The van der Waals surface area contributed by atoms with Crippen LogP contribution in [0.2, 0.25) is 20.1 Å². The van der Waals surface area contributed by atoms with E-state index in [0.717, 1.165) is 0 Å². The van der Waals surface area contributed by atoms with Crippen LogP contribution in [0.5, 0.6) is 0 Å². The molecule has 0 unspecified atom stereocenters. The second kappa shape index (κ2) is 17.3. The predicted molar refractivity (Wildman–Crippen MR) is 118 cm³/mol. The Labute approximate surface area is 232 Å². The first-order chi connectivity index (χ1) is 14.6. The van der Waals surface area contributed by atoms with E-state index in [1.54, 1.807) is 13.8 Å². The summed E-state index contributed by atoms with van der Waals surface area (Å²) in [4.78, 5) is 41.7. The number of hydrogen-bond acceptors (Lipinski definition) is 8. The number of carbonyl (C=O) groups excluding carboxylic acids is 2. The van der Waals surface area contributed by atoms with Crippen molar-refractivity contribution in [3.63, 3.8) is 0 Å². The molecule has 33 heavy (non-hydrogen) atoms. The second-order valence-electron chi connectivity index (χ2n) is 5.61. The fraction of sp³-hybridized carbons (Fsp3) is 0.316. The Hall–Kier alpha value is -1.17. The van der Waals surface area contributed by atoms with Gasteiger partial charge in [-0.2, -0.15) is 0 Å². The number of rotatable bonds is 7. The summed E-state index contributed by atoms with van der Waals surface area (Å²) in [7, 11) is 0. The number of ether oxygens (including phenoxy) is 2. The van der Waals surface area contributed by atoms with Gasteiger partial charge in [0.2, 0.25) is 0 Å². The Morgan fingerprint density at radius 2 is 1.36 bits per heavy atom. The van der Waals surface area contributed by atoms with Crippen LogP contribution < -0.4 is 29.6 Å². The van der Waals surface area contributed by atoms with E-state index in [2.05, 4.69) is 9.97 Å². The van der Waals surface area contributed by atoms with Crippen molar-refractivity contribution in [1.82, 2.24) is 9.97 Å². The molecule has 0 aromatic carbocycles. The first-order valence-electron chi connectivity index (χ1n) is 8.76. The first-order valence-corrected chi connectivity index (χ1v) is 10.3. The maximum absolute atomic E-state index is 11.8. The molecule has 2 rings (SSSR count). The van der Waals surface area contributed by atoms with Crippen LogP contribution >= 0.6 is 46.4 Å². The molecule has 2 heterocycles. The third kappa shape index (κ3) is 11.7. The molecular weight excluding hydrogens is 533 g/mol.